The van der Waals surface area contributed by atoms with Crippen LogP contribution in [0, 0.1) is 6.92 Å². The Bertz CT molecular complexity index is 1160. The van der Waals surface area contributed by atoms with Crippen LogP contribution in [-0.2, 0) is 19.5 Å². The Hall–Kier alpha value is -2.51. The van der Waals surface area contributed by atoms with Gasteiger partial charge in [0.25, 0.3) is 11.5 Å². The fourth-order valence-corrected chi connectivity index (χ4v) is 5.35. The average Bonchev–Trinajstić information content (AvgIpc) is 2.93. The van der Waals surface area contributed by atoms with Gasteiger partial charge in [-0.2, -0.15) is 0 Å². The van der Waals surface area contributed by atoms with Gasteiger partial charge in [-0.05, 0) is 56.1 Å². The van der Waals surface area contributed by atoms with Gasteiger partial charge in [-0.3, -0.25) is 19.1 Å². The largest absolute Gasteiger partial charge is 0.321 e. The Morgan fingerprint density at radius 2 is 2.03 bits per heavy atom. The summed E-state index contributed by atoms with van der Waals surface area (Å²) in [5, 5.41) is 3.62. The van der Waals surface area contributed by atoms with Gasteiger partial charge in [-0.15, -0.1) is 11.3 Å². The third-order valence-corrected chi connectivity index (χ3v) is 7.29. The minimum atomic E-state index is -0.180. The van der Waals surface area contributed by atoms with Crippen molar-refractivity contribution in [1.82, 2.24) is 14.5 Å². The van der Waals surface area contributed by atoms with Crippen molar-refractivity contribution in [2.45, 2.75) is 59.5 Å². The third kappa shape index (κ3) is 4.43. The maximum Gasteiger partial charge on any atom is 0.266 e. The number of hydrogen-bond donors (Lipinski definition) is 1. The summed E-state index contributed by atoms with van der Waals surface area (Å²) < 4.78 is 1.81. The number of fused-ring (bicyclic) bond motifs is 2. The normalized spacial score (nSPS) is 13.9. The van der Waals surface area contributed by atoms with Gasteiger partial charge in [0, 0.05) is 25.2 Å². The summed E-state index contributed by atoms with van der Waals surface area (Å²) in [4.78, 5) is 34.6. The maximum atomic E-state index is 13.1. The molecule has 0 spiro atoms. The van der Waals surface area contributed by atoms with E-state index in [4.69, 9.17) is 4.98 Å². The minimum Gasteiger partial charge on any atom is -0.321 e. The molecule has 4 rings (SSSR count). The number of thiophene rings is 1. The Morgan fingerprint density at radius 3 is 2.81 bits per heavy atom. The van der Waals surface area contributed by atoms with E-state index in [9.17, 15) is 9.59 Å². The molecule has 0 unspecified atom stereocenters. The van der Waals surface area contributed by atoms with Crippen LogP contribution in [0.2, 0.25) is 0 Å². The second kappa shape index (κ2) is 9.32. The van der Waals surface area contributed by atoms with Crippen LogP contribution in [0.4, 0.5) is 5.69 Å². The van der Waals surface area contributed by atoms with Crippen LogP contribution in [0.3, 0.4) is 0 Å². The summed E-state index contributed by atoms with van der Waals surface area (Å²) in [6.07, 6.45) is 4.00. The third-order valence-electron chi connectivity index (χ3n) is 6.10. The first-order valence-electron chi connectivity index (χ1n) is 11.2. The molecule has 3 aromatic rings. The smallest absolute Gasteiger partial charge is 0.266 e. The lowest BCUT2D eigenvalue weighted by atomic mass is 10.1. The molecule has 0 radical (unpaired) electrons. The number of rotatable bonds is 6. The van der Waals surface area contributed by atoms with Crippen LogP contribution in [0.25, 0.3) is 10.2 Å². The van der Waals surface area contributed by atoms with E-state index in [-0.39, 0.29) is 11.5 Å². The maximum absolute atomic E-state index is 13.1. The predicted octanol–water partition coefficient (Wildman–Crippen LogP) is 4.59. The van der Waals surface area contributed by atoms with Crippen molar-refractivity contribution in [2.24, 2.45) is 0 Å². The number of carbonyl (C=O) groups excluding carboxylic acids is 1. The van der Waals surface area contributed by atoms with Crippen molar-refractivity contribution < 1.29 is 4.79 Å². The second-order valence-corrected chi connectivity index (χ2v) is 9.15. The van der Waals surface area contributed by atoms with E-state index in [1.165, 1.54) is 16.9 Å². The van der Waals surface area contributed by atoms with Crippen LogP contribution < -0.4 is 10.9 Å². The van der Waals surface area contributed by atoms with E-state index in [0.717, 1.165) is 62.4 Å². The van der Waals surface area contributed by atoms with E-state index < -0.39 is 0 Å². The SMILES string of the molecule is CCN(CC)Cc1cccc(NC(=O)c2sc3nc4n(c(=O)c3c2C)CCCCC4)c1. The van der Waals surface area contributed by atoms with Crippen LogP contribution in [0.1, 0.15) is 59.7 Å². The Kier molecular flexibility index (Phi) is 6.53. The molecule has 0 saturated carbocycles. The van der Waals surface area contributed by atoms with Crippen molar-refractivity contribution >= 4 is 33.1 Å². The molecule has 2 aromatic heterocycles. The number of benzene rings is 1. The van der Waals surface area contributed by atoms with Gasteiger partial charge in [0.15, 0.2) is 0 Å². The highest BCUT2D eigenvalue weighted by molar-refractivity contribution is 7.20. The highest BCUT2D eigenvalue weighted by Gasteiger charge is 2.22. The van der Waals surface area contributed by atoms with Crippen molar-refractivity contribution in [3.05, 3.63) is 56.4 Å². The van der Waals surface area contributed by atoms with Crippen molar-refractivity contribution in [1.29, 1.82) is 0 Å². The number of aryl methyl sites for hydroxylation is 2. The van der Waals surface area contributed by atoms with Crippen molar-refractivity contribution in [2.75, 3.05) is 18.4 Å². The van der Waals surface area contributed by atoms with Crippen LogP contribution in [0.5, 0.6) is 0 Å². The average molecular weight is 439 g/mol. The molecular weight excluding hydrogens is 408 g/mol. The summed E-state index contributed by atoms with van der Waals surface area (Å²) in [7, 11) is 0. The summed E-state index contributed by atoms with van der Waals surface area (Å²) in [5.41, 5.74) is 2.66. The monoisotopic (exact) mass is 438 g/mol. The number of nitrogens with one attached hydrogen (secondary N) is 1. The van der Waals surface area contributed by atoms with Gasteiger partial charge in [0.05, 0.1) is 10.3 Å². The summed E-state index contributed by atoms with van der Waals surface area (Å²) in [6.45, 7) is 9.70. The molecule has 1 aliphatic heterocycles. The quantitative estimate of drug-likeness (QED) is 0.611. The number of amides is 1. The Balaban J connectivity index is 1.62. The van der Waals surface area contributed by atoms with Gasteiger partial charge in [0.2, 0.25) is 0 Å². The number of nitrogens with zero attached hydrogens (tertiary/aromatic N) is 3. The molecule has 0 aliphatic carbocycles. The van der Waals surface area contributed by atoms with Crippen LogP contribution >= 0.6 is 11.3 Å². The van der Waals surface area contributed by atoms with Crippen LogP contribution in [0.15, 0.2) is 29.1 Å². The van der Waals surface area contributed by atoms with E-state index in [1.54, 1.807) is 0 Å². The lowest BCUT2D eigenvalue weighted by Gasteiger charge is -2.18. The zero-order valence-electron chi connectivity index (χ0n) is 18.5. The highest BCUT2D eigenvalue weighted by atomic mass is 32.1. The molecule has 0 fully saturated rings. The van der Waals surface area contributed by atoms with E-state index in [0.29, 0.717) is 21.6 Å². The second-order valence-electron chi connectivity index (χ2n) is 8.15. The summed E-state index contributed by atoms with van der Waals surface area (Å²) >= 11 is 1.32. The molecule has 0 bridgehead atoms. The standard InChI is InChI=1S/C24H30N4O2S/c1-4-27(5-2)15-17-10-9-11-18(14-17)25-22(29)21-16(3)20-23(31-21)26-19-12-7-6-8-13-28(19)24(20)30/h9-11,14H,4-8,12-13,15H2,1-3H3,(H,25,29). The van der Waals surface area contributed by atoms with Gasteiger partial charge >= 0.3 is 0 Å². The Morgan fingerprint density at radius 1 is 1.23 bits per heavy atom. The lowest BCUT2D eigenvalue weighted by molar-refractivity contribution is 0.103. The molecule has 7 heteroatoms. The number of aromatic nitrogens is 2. The number of carbonyl (C=O) groups is 1. The zero-order valence-corrected chi connectivity index (χ0v) is 19.3. The van der Waals surface area contributed by atoms with Crippen molar-refractivity contribution in [3.63, 3.8) is 0 Å². The van der Waals surface area contributed by atoms with E-state index >= 15 is 0 Å². The van der Waals surface area contributed by atoms with Crippen molar-refractivity contribution in [3.8, 4) is 0 Å². The molecule has 0 atom stereocenters. The van der Waals surface area contributed by atoms with Gasteiger partial charge in [0.1, 0.15) is 10.7 Å². The zero-order chi connectivity index (χ0) is 22.0. The fraction of sp³-hybridized carbons (Fsp3) is 0.458. The molecule has 31 heavy (non-hydrogen) atoms. The molecule has 1 aliphatic rings. The lowest BCUT2D eigenvalue weighted by Crippen LogP contribution is -2.24. The van der Waals surface area contributed by atoms with E-state index in [1.807, 2.05) is 29.7 Å². The Labute approximate surface area is 186 Å². The first kappa shape index (κ1) is 21.7. The fourth-order valence-electron chi connectivity index (χ4n) is 4.27. The molecule has 1 aromatic carbocycles. The first-order chi connectivity index (χ1) is 15.0. The minimum absolute atomic E-state index is 0.00378. The molecule has 164 valence electrons. The number of hydrogen-bond acceptors (Lipinski definition) is 5. The predicted molar refractivity (Wildman–Crippen MR) is 127 cm³/mol. The molecule has 3 heterocycles. The van der Waals surface area contributed by atoms with Crippen LogP contribution in [-0.4, -0.2) is 33.4 Å². The molecule has 1 amide bonds. The molecular formula is C24H30N4O2S. The molecule has 0 saturated heterocycles. The van der Waals surface area contributed by atoms with Gasteiger partial charge in [-0.25, -0.2) is 4.98 Å². The first-order valence-corrected chi connectivity index (χ1v) is 12.0. The highest BCUT2D eigenvalue weighted by Crippen LogP contribution is 2.29. The summed E-state index contributed by atoms with van der Waals surface area (Å²) in [5.74, 6) is 0.674. The van der Waals surface area contributed by atoms with Gasteiger partial charge in [-0.1, -0.05) is 32.4 Å². The molecule has 1 N–H and O–H groups in total. The van der Waals surface area contributed by atoms with Gasteiger partial charge < -0.3 is 5.32 Å². The number of anilines is 1. The topological polar surface area (TPSA) is 67.2 Å². The summed E-state index contributed by atoms with van der Waals surface area (Å²) in [6, 6.07) is 7.98. The molecule has 6 nitrogen and oxygen atoms in total. The van der Waals surface area contributed by atoms with E-state index in [2.05, 4.69) is 30.1 Å².